The smallest absolute Gasteiger partial charge is 0.422 e. The molecule has 1 heterocycles. The Kier molecular flexibility index (Phi) is 4.40. The van der Waals surface area contributed by atoms with Gasteiger partial charge >= 0.3 is 12.3 Å². The molecule has 94 valence electrons. The molecular weight excluding hydrogens is 227 g/mol. The van der Waals surface area contributed by atoms with Crippen molar-refractivity contribution in [2.75, 3.05) is 26.8 Å². The maximum atomic E-state index is 11.8. The Morgan fingerprint density at radius 1 is 1.38 bits per heavy atom. The molecule has 0 spiro atoms. The maximum Gasteiger partial charge on any atom is 0.422 e. The van der Waals surface area contributed by atoms with Gasteiger partial charge in [-0.25, -0.2) is 4.79 Å². The second-order valence-corrected chi connectivity index (χ2v) is 3.59. The molecule has 0 bridgehead atoms. The van der Waals surface area contributed by atoms with E-state index in [9.17, 15) is 18.0 Å². The van der Waals surface area contributed by atoms with Crippen molar-refractivity contribution in [3.05, 3.63) is 0 Å². The number of carbonyl (C=O) groups excluding carboxylic acids is 1. The molecule has 1 aliphatic heterocycles. The zero-order valence-electron chi connectivity index (χ0n) is 8.92. The molecule has 1 rings (SSSR count). The SMILES string of the molecule is COC1CCN(C(=O)OCC(F)(F)F)CC1. The molecule has 0 saturated carbocycles. The molecule has 1 saturated heterocycles. The normalized spacial score (nSPS) is 18.6. The number of piperidine rings is 1. The molecule has 0 radical (unpaired) electrons. The first-order chi connectivity index (χ1) is 7.42. The first-order valence-electron chi connectivity index (χ1n) is 4.93. The molecule has 4 nitrogen and oxygen atoms in total. The Bertz CT molecular complexity index is 237. The predicted octanol–water partition coefficient (Wildman–Crippen LogP) is 1.80. The van der Waals surface area contributed by atoms with Gasteiger partial charge in [-0.3, -0.25) is 0 Å². The van der Waals surface area contributed by atoms with Crippen LogP contribution in [0.5, 0.6) is 0 Å². The monoisotopic (exact) mass is 241 g/mol. The summed E-state index contributed by atoms with van der Waals surface area (Å²) in [4.78, 5) is 12.5. The number of nitrogens with zero attached hydrogens (tertiary/aromatic N) is 1. The Morgan fingerprint density at radius 2 is 1.94 bits per heavy atom. The van der Waals surface area contributed by atoms with Gasteiger partial charge in [0.1, 0.15) is 0 Å². The second-order valence-electron chi connectivity index (χ2n) is 3.59. The van der Waals surface area contributed by atoms with Crippen LogP contribution in [0.15, 0.2) is 0 Å². The number of amides is 1. The van der Waals surface area contributed by atoms with Gasteiger partial charge in [-0.15, -0.1) is 0 Å². The number of carbonyl (C=O) groups is 1. The van der Waals surface area contributed by atoms with Crippen LogP contribution < -0.4 is 0 Å². The van der Waals surface area contributed by atoms with Gasteiger partial charge in [0.15, 0.2) is 6.61 Å². The molecule has 1 fully saturated rings. The Labute approximate surface area is 91.3 Å². The van der Waals surface area contributed by atoms with Gasteiger partial charge in [-0.1, -0.05) is 0 Å². The van der Waals surface area contributed by atoms with Gasteiger partial charge in [-0.2, -0.15) is 13.2 Å². The zero-order chi connectivity index (χ0) is 12.2. The van der Waals surface area contributed by atoms with E-state index >= 15 is 0 Å². The highest BCUT2D eigenvalue weighted by molar-refractivity contribution is 5.67. The molecule has 0 aromatic carbocycles. The highest BCUT2D eigenvalue weighted by atomic mass is 19.4. The summed E-state index contributed by atoms with van der Waals surface area (Å²) in [5, 5.41) is 0. The summed E-state index contributed by atoms with van der Waals surface area (Å²) in [5.41, 5.74) is 0. The zero-order valence-corrected chi connectivity index (χ0v) is 8.92. The lowest BCUT2D eigenvalue weighted by atomic mass is 10.1. The number of rotatable bonds is 2. The molecule has 0 aromatic heterocycles. The minimum Gasteiger partial charge on any atom is -0.440 e. The van der Waals surface area contributed by atoms with E-state index in [0.29, 0.717) is 25.9 Å². The molecule has 0 atom stereocenters. The fourth-order valence-electron chi connectivity index (χ4n) is 1.51. The van der Waals surface area contributed by atoms with Crippen molar-refractivity contribution >= 4 is 6.09 Å². The van der Waals surface area contributed by atoms with Crippen molar-refractivity contribution in [3.63, 3.8) is 0 Å². The van der Waals surface area contributed by atoms with E-state index in [1.807, 2.05) is 0 Å². The van der Waals surface area contributed by atoms with Gasteiger partial charge in [0.05, 0.1) is 6.10 Å². The van der Waals surface area contributed by atoms with Gasteiger partial charge in [0.25, 0.3) is 0 Å². The summed E-state index contributed by atoms with van der Waals surface area (Å²) in [5.74, 6) is 0. The molecule has 0 unspecified atom stereocenters. The first kappa shape index (κ1) is 13.1. The summed E-state index contributed by atoms with van der Waals surface area (Å²) in [7, 11) is 1.57. The summed E-state index contributed by atoms with van der Waals surface area (Å²) < 4.78 is 44.6. The molecule has 1 amide bonds. The van der Waals surface area contributed by atoms with E-state index in [2.05, 4.69) is 4.74 Å². The second kappa shape index (κ2) is 5.38. The minimum absolute atomic E-state index is 0.0756. The standard InChI is InChI=1S/C9H14F3NO3/c1-15-7-2-4-13(5-3-7)8(14)16-6-9(10,11)12/h7H,2-6H2,1H3. The molecule has 0 aliphatic carbocycles. The lowest BCUT2D eigenvalue weighted by Gasteiger charge is -2.30. The van der Waals surface area contributed by atoms with Gasteiger partial charge in [0.2, 0.25) is 0 Å². The van der Waals surface area contributed by atoms with E-state index in [-0.39, 0.29) is 6.10 Å². The van der Waals surface area contributed by atoms with Crippen LogP contribution in [0.25, 0.3) is 0 Å². The Morgan fingerprint density at radius 3 is 2.38 bits per heavy atom. The van der Waals surface area contributed by atoms with Crippen molar-refractivity contribution in [1.82, 2.24) is 4.90 Å². The van der Waals surface area contributed by atoms with Crippen LogP contribution in [0.3, 0.4) is 0 Å². The number of hydrogen-bond acceptors (Lipinski definition) is 3. The van der Waals surface area contributed by atoms with Crippen molar-refractivity contribution in [1.29, 1.82) is 0 Å². The number of likely N-dealkylation sites (tertiary alicyclic amines) is 1. The summed E-state index contributed by atoms with van der Waals surface area (Å²) >= 11 is 0. The van der Waals surface area contributed by atoms with Crippen molar-refractivity contribution in [2.24, 2.45) is 0 Å². The Balaban J connectivity index is 2.28. The third kappa shape index (κ3) is 4.26. The average molecular weight is 241 g/mol. The molecule has 0 aromatic rings. The van der Waals surface area contributed by atoms with Crippen molar-refractivity contribution < 1.29 is 27.4 Å². The largest absolute Gasteiger partial charge is 0.440 e. The van der Waals surface area contributed by atoms with E-state index in [0.717, 1.165) is 0 Å². The fourth-order valence-corrected chi connectivity index (χ4v) is 1.51. The first-order valence-corrected chi connectivity index (χ1v) is 4.93. The average Bonchev–Trinajstić information content (AvgIpc) is 2.25. The number of methoxy groups -OCH3 is 1. The highest BCUT2D eigenvalue weighted by Crippen LogP contribution is 2.17. The van der Waals surface area contributed by atoms with Crippen molar-refractivity contribution in [2.45, 2.75) is 25.1 Å². The molecule has 0 N–H and O–H groups in total. The number of ether oxygens (including phenoxy) is 2. The van der Waals surface area contributed by atoms with E-state index in [1.165, 1.54) is 4.90 Å². The number of halogens is 3. The number of alkyl halides is 3. The van der Waals surface area contributed by atoms with Crippen LogP contribution in [0, 0.1) is 0 Å². The third-order valence-electron chi connectivity index (χ3n) is 2.39. The number of hydrogen-bond donors (Lipinski definition) is 0. The third-order valence-corrected chi connectivity index (χ3v) is 2.39. The van der Waals surface area contributed by atoms with E-state index in [1.54, 1.807) is 7.11 Å². The Hall–Kier alpha value is -0.980. The quantitative estimate of drug-likeness (QED) is 0.740. The topological polar surface area (TPSA) is 38.8 Å². The summed E-state index contributed by atoms with van der Waals surface area (Å²) in [6.07, 6.45) is -4.06. The van der Waals surface area contributed by atoms with E-state index in [4.69, 9.17) is 4.74 Å². The van der Waals surface area contributed by atoms with Crippen LogP contribution in [0.1, 0.15) is 12.8 Å². The van der Waals surface area contributed by atoms with Crippen LogP contribution >= 0.6 is 0 Å². The van der Waals surface area contributed by atoms with Gasteiger partial charge in [0, 0.05) is 20.2 Å². The van der Waals surface area contributed by atoms with Crippen LogP contribution in [0.4, 0.5) is 18.0 Å². The lowest BCUT2D eigenvalue weighted by Crippen LogP contribution is -2.41. The summed E-state index contributed by atoms with van der Waals surface area (Å²) in [6, 6.07) is 0. The van der Waals surface area contributed by atoms with Gasteiger partial charge in [-0.05, 0) is 12.8 Å². The predicted molar refractivity (Wildman–Crippen MR) is 49.0 cm³/mol. The van der Waals surface area contributed by atoms with Crippen LogP contribution in [-0.2, 0) is 9.47 Å². The molecule has 7 heteroatoms. The van der Waals surface area contributed by atoms with Crippen molar-refractivity contribution in [3.8, 4) is 0 Å². The van der Waals surface area contributed by atoms with E-state index < -0.39 is 18.9 Å². The lowest BCUT2D eigenvalue weighted by molar-refractivity contribution is -0.162. The van der Waals surface area contributed by atoms with Crippen LogP contribution in [-0.4, -0.2) is 50.1 Å². The summed E-state index contributed by atoms with van der Waals surface area (Å²) in [6.45, 7) is -0.791. The molecule has 1 aliphatic rings. The fraction of sp³-hybridized carbons (Fsp3) is 0.889. The molecular formula is C9H14F3NO3. The van der Waals surface area contributed by atoms with Crippen LogP contribution in [0.2, 0.25) is 0 Å². The maximum absolute atomic E-state index is 11.8. The van der Waals surface area contributed by atoms with Gasteiger partial charge < -0.3 is 14.4 Å². The molecule has 16 heavy (non-hydrogen) atoms. The minimum atomic E-state index is -4.47. The highest BCUT2D eigenvalue weighted by Gasteiger charge is 2.31.